The Morgan fingerprint density at radius 1 is 1.42 bits per heavy atom. The highest BCUT2D eigenvalue weighted by Gasteiger charge is 2.30. The number of likely N-dealkylation sites (tertiary alicyclic amines) is 1. The number of urea groups is 1. The summed E-state index contributed by atoms with van der Waals surface area (Å²) in [6.45, 7) is 2.79. The molecule has 2 heterocycles. The van der Waals surface area contributed by atoms with E-state index in [1.54, 1.807) is 7.11 Å². The number of rotatable bonds is 5. The lowest BCUT2D eigenvalue weighted by atomic mass is 10.0. The van der Waals surface area contributed by atoms with Crippen LogP contribution in [0, 0.1) is 0 Å². The molecule has 0 spiro atoms. The van der Waals surface area contributed by atoms with Crippen LogP contribution in [0.1, 0.15) is 30.3 Å². The summed E-state index contributed by atoms with van der Waals surface area (Å²) >= 11 is 1.43. The summed E-state index contributed by atoms with van der Waals surface area (Å²) in [5, 5.41) is 12.4. The van der Waals surface area contributed by atoms with Crippen molar-refractivity contribution in [1.29, 1.82) is 0 Å². The molecule has 0 bridgehead atoms. The lowest BCUT2D eigenvalue weighted by molar-refractivity contribution is 0.206. The number of anilines is 1. The van der Waals surface area contributed by atoms with Crippen LogP contribution < -0.4 is 10.1 Å². The molecule has 128 valence electrons. The van der Waals surface area contributed by atoms with Gasteiger partial charge < -0.3 is 9.64 Å². The van der Waals surface area contributed by atoms with Crippen LogP contribution in [0.25, 0.3) is 0 Å². The quantitative estimate of drug-likeness (QED) is 0.901. The first-order valence-electron chi connectivity index (χ1n) is 8.23. The van der Waals surface area contributed by atoms with Crippen LogP contribution in [0.2, 0.25) is 0 Å². The minimum atomic E-state index is -0.0915. The number of nitrogens with one attached hydrogen (secondary N) is 1. The average Bonchev–Trinajstić information content (AvgIpc) is 3.24. The maximum absolute atomic E-state index is 12.6. The van der Waals surface area contributed by atoms with Crippen molar-refractivity contribution in [3.63, 3.8) is 0 Å². The molecule has 1 N–H and O–H groups in total. The molecule has 7 heteroatoms. The number of carbonyl (C=O) groups is 1. The van der Waals surface area contributed by atoms with Gasteiger partial charge in [0.2, 0.25) is 5.13 Å². The fourth-order valence-electron chi connectivity index (χ4n) is 3.05. The van der Waals surface area contributed by atoms with E-state index >= 15 is 0 Å². The number of methoxy groups -OCH3 is 1. The summed E-state index contributed by atoms with van der Waals surface area (Å²) < 4.78 is 5.43. The molecule has 2 amide bonds. The van der Waals surface area contributed by atoms with Gasteiger partial charge in [0.1, 0.15) is 10.8 Å². The van der Waals surface area contributed by atoms with Crippen molar-refractivity contribution < 1.29 is 9.53 Å². The lowest BCUT2D eigenvalue weighted by Gasteiger charge is -2.25. The summed E-state index contributed by atoms with van der Waals surface area (Å²) in [4.78, 5) is 14.5. The third-order valence-electron chi connectivity index (χ3n) is 4.27. The first kappa shape index (κ1) is 16.7. The van der Waals surface area contributed by atoms with Crippen molar-refractivity contribution in [1.82, 2.24) is 15.1 Å². The van der Waals surface area contributed by atoms with E-state index in [0.29, 0.717) is 5.13 Å². The van der Waals surface area contributed by atoms with Gasteiger partial charge in [0.05, 0.1) is 7.11 Å². The molecule has 1 saturated heterocycles. The zero-order valence-corrected chi connectivity index (χ0v) is 14.8. The Balaban J connectivity index is 1.67. The van der Waals surface area contributed by atoms with Gasteiger partial charge in [0.25, 0.3) is 0 Å². The minimum Gasteiger partial charge on any atom is -0.496 e. The molecule has 6 nitrogen and oxygen atoms in total. The Morgan fingerprint density at radius 3 is 3.00 bits per heavy atom. The molecule has 1 unspecified atom stereocenters. The number of aromatic nitrogens is 2. The number of amides is 2. The molecule has 2 aromatic rings. The third kappa shape index (κ3) is 3.67. The van der Waals surface area contributed by atoms with E-state index in [1.807, 2.05) is 30.0 Å². The van der Waals surface area contributed by atoms with Crippen molar-refractivity contribution in [2.24, 2.45) is 0 Å². The highest BCUT2D eigenvalue weighted by atomic mass is 32.1. The van der Waals surface area contributed by atoms with E-state index in [4.69, 9.17) is 4.74 Å². The van der Waals surface area contributed by atoms with E-state index in [9.17, 15) is 4.79 Å². The van der Waals surface area contributed by atoms with Crippen molar-refractivity contribution in [2.75, 3.05) is 19.0 Å². The first-order valence-corrected chi connectivity index (χ1v) is 9.04. The van der Waals surface area contributed by atoms with Gasteiger partial charge in [-0.2, -0.15) is 0 Å². The topological polar surface area (TPSA) is 67.4 Å². The summed E-state index contributed by atoms with van der Waals surface area (Å²) in [6.07, 6.45) is 3.65. The van der Waals surface area contributed by atoms with E-state index in [-0.39, 0.29) is 12.1 Å². The average molecular weight is 346 g/mol. The molecular weight excluding hydrogens is 324 g/mol. The summed E-state index contributed by atoms with van der Waals surface area (Å²) in [5.74, 6) is 0.876. The molecule has 1 fully saturated rings. The molecule has 1 aromatic heterocycles. The van der Waals surface area contributed by atoms with Gasteiger partial charge in [-0.3, -0.25) is 5.32 Å². The second kappa shape index (κ2) is 7.61. The molecule has 24 heavy (non-hydrogen) atoms. The van der Waals surface area contributed by atoms with Gasteiger partial charge in [-0.05, 0) is 37.3 Å². The zero-order valence-electron chi connectivity index (χ0n) is 14.0. The highest BCUT2D eigenvalue weighted by Crippen LogP contribution is 2.27. The van der Waals surface area contributed by atoms with Crippen LogP contribution in [0.15, 0.2) is 24.3 Å². The predicted molar refractivity (Wildman–Crippen MR) is 94.7 cm³/mol. The number of benzene rings is 1. The summed E-state index contributed by atoms with van der Waals surface area (Å²) in [5.41, 5.74) is 1.13. The number of aryl methyl sites for hydroxylation is 1. The second-order valence-corrected chi connectivity index (χ2v) is 6.85. The van der Waals surface area contributed by atoms with Crippen molar-refractivity contribution in [3.05, 3.63) is 34.8 Å². The van der Waals surface area contributed by atoms with Crippen LogP contribution >= 0.6 is 11.3 Å². The monoisotopic (exact) mass is 346 g/mol. The number of hydrogen-bond acceptors (Lipinski definition) is 5. The van der Waals surface area contributed by atoms with E-state index in [1.165, 1.54) is 11.3 Å². The van der Waals surface area contributed by atoms with E-state index < -0.39 is 0 Å². The minimum absolute atomic E-state index is 0.0915. The summed E-state index contributed by atoms with van der Waals surface area (Å²) in [7, 11) is 1.68. The molecule has 0 radical (unpaired) electrons. The van der Waals surface area contributed by atoms with Gasteiger partial charge >= 0.3 is 6.03 Å². The Kier molecular flexibility index (Phi) is 5.30. The number of nitrogens with zero attached hydrogens (tertiary/aromatic N) is 3. The Hall–Kier alpha value is -2.15. The highest BCUT2D eigenvalue weighted by molar-refractivity contribution is 7.15. The lowest BCUT2D eigenvalue weighted by Crippen LogP contribution is -2.39. The van der Waals surface area contributed by atoms with Crippen molar-refractivity contribution in [2.45, 2.75) is 38.6 Å². The molecule has 1 aliphatic rings. The first-order chi connectivity index (χ1) is 11.7. The Morgan fingerprint density at radius 2 is 2.25 bits per heavy atom. The normalized spacial score (nSPS) is 17.1. The standard InChI is InChI=1S/C17H22N4O2S/c1-3-15-19-20-16(24-15)18-17(22)21-10-6-8-13(21)11-12-7-4-5-9-14(12)23-2/h4-5,7,9,13H,3,6,8,10-11H2,1-2H3,(H,18,20,22). The number of hydrogen-bond donors (Lipinski definition) is 1. The fourth-order valence-corrected chi connectivity index (χ4v) is 3.72. The van der Waals surface area contributed by atoms with Crippen LogP contribution in [0.3, 0.4) is 0 Å². The molecule has 1 aliphatic heterocycles. The SMILES string of the molecule is CCc1nnc(NC(=O)N2CCCC2Cc2ccccc2OC)s1. The van der Waals surface area contributed by atoms with Gasteiger partial charge in [-0.15, -0.1) is 10.2 Å². The van der Waals surface area contributed by atoms with Crippen LogP contribution in [0.5, 0.6) is 5.75 Å². The zero-order chi connectivity index (χ0) is 16.9. The Labute approximate surface area is 145 Å². The fraction of sp³-hybridized carbons (Fsp3) is 0.471. The maximum atomic E-state index is 12.6. The molecule has 0 saturated carbocycles. The predicted octanol–water partition coefficient (Wildman–Crippen LogP) is 3.35. The van der Waals surface area contributed by atoms with Gasteiger partial charge in [0.15, 0.2) is 0 Å². The number of para-hydroxylation sites is 1. The molecule has 1 aromatic carbocycles. The van der Waals surface area contributed by atoms with Crippen LogP contribution in [-0.2, 0) is 12.8 Å². The van der Waals surface area contributed by atoms with Crippen molar-refractivity contribution in [3.8, 4) is 5.75 Å². The molecule has 0 aliphatic carbocycles. The van der Waals surface area contributed by atoms with E-state index in [0.717, 1.165) is 48.5 Å². The van der Waals surface area contributed by atoms with Crippen LogP contribution in [-0.4, -0.2) is 40.8 Å². The largest absolute Gasteiger partial charge is 0.496 e. The molecular formula is C17H22N4O2S. The third-order valence-corrected chi connectivity index (χ3v) is 5.25. The smallest absolute Gasteiger partial charge is 0.323 e. The van der Waals surface area contributed by atoms with E-state index in [2.05, 4.69) is 21.6 Å². The summed E-state index contributed by atoms with van der Waals surface area (Å²) in [6, 6.07) is 8.08. The molecule has 1 atom stereocenters. The van der Waals surface area contributed by atoms with Gasteiger partial charge in [0, 0.05) is 12.6 Å². The maximum Gasteiger partial charge on any atom is 0.323 e. The second-order valence-electron chi connectivity index (χ2n) is 5.79. The number of ether oxygens (including phenoxy) is 1. The van der Waals surface area contributed by atoms with Crippen LogP contribution in [0.4, 0.5) is 9.93 Å². The van der Waals surface area contributed by atoms with Gasteiger partial charge in [-0.1, -0.05) is 36.5 Å². The Bertz CT molecular complexity index is 703. The number of carbonyl (C=O) groups excluding carboxylic acids is 1. The van der Waals surface area contributed by atoms with Crippen molar-refractivity contribution >= 4 is 22.5 Å². The van der Waals surface area contributed by atoms with Gasteiger partial charge in [-0.25, -0.2) is 4.79 Å². The molecule has 3 rings (SSSR count).